The van der Waals surface area contributed by atoms with Crippen LogP contribution in [-0.4, -0.2) is 50.3 Å². The Labute approximate surface area is 102 Å². The van der Waals surface area contributed by atoms with Gasteiger partial charge in [0.05, 0.1) is 6.61 Å². The van der Waals surface area contributed by atoms with Crippen LogP contribution in [0.5, 0.6) is 0 Å². The van der Waals surface area contributed by atoms with Crippen molar-refractivity contribution in [3.05, 3.63) is 0 Å². The molecule has 0 radical (unpaired) electrons. The van der Waals surface area contributed by atoms with Crippen LogP contribution >= 0.6 is 0 Å². The summed E-state index contributed by atoms with van der Waals surface area (Å²) in [6.45, 7) is 13.0. The second-order valence-corrected chi connectivity index (χ2v) is 4.38. The molecule has 0 aliphatic heterocycles. The molecule has 3 nitrogen and oxygen atoms in total. The summed E-state index contributed by atoms with van der Waals surface area (Å²) < 4.78 is 5.26. The van der Waals surface area contributed by atoms with Gasteiger partial charge in [0, 0.05) is 25.7 Å². The highest BCUT2D eigenvalue weighted by molar-refractivity contribution is 4.77. The van der Waals surface area contributed by atoms with E-state index in [-0.39, 0.29) is 0 Å². The molecule has 0 aromatic carbocycles. The Morgan fingerprint density at radius 1 is 1.25 bits per heavy atom. The lowest BCUT2D eigenvalue weighted by atomic mass is 10.1. The summed E-state index contributed by atoms with van der Waals surface area (Å²) in [5, 5.41) is 3.46. The Morgan fingerprint density at radius 3 is 2.38 bits per heavy atom. The molecular weight excluding hydrogens is 200 g/mol. The number of nitrogens with zero attached hydrogens (tertiary/aromatic N) is 1. The average molecular weight is 230 g/mol. The van der Waals surface area contributed by atoms with E-state index in [1.54, 1.807) is 7.11 Å². The number of nitrogens with one attached hydrogen (secondary N) is 1. The van der Waals surface area contributed by atoms with Crippen molar-refractivity contribution in [2.75, 3.05) is 33.4 Å². The Morgan fingerprint density at radius 2 is 1.94 bits per heavy atom. The van der Waals surface area contributed by atoms with E-state index in [1.807, 2.05) is 0 Å². The van der Waals surface area contributed by atoms with Crippen LogP contribution in [-0.2, 0) is 4.74 Å². The topological polar surface area (TPSA) is 24.5 Å². The molecule has 0 aromatic rings. The molecular formula is C13H30N2O. The lowest BCUT2D eigenvalue weighted by Gasteiger charge is -2.35. The maximum Gasteiger partial charge on any atom is 0.0615 e. The first-order valence-corrected chi connectivity index (χ1v) is 6.66. The van der Waals surface area contributed by atoms with E-state index >= 15 is 0 Å². The summed E-state index contributed by atoms with van der Waals surface area (Å²) in [6, 6.07) is 1.14. The number of methoxy groups -OCH3 is 1. The van der Waals surface area contributed by atoms with Crippen molar-refractivity contribution in [2.24, 2.45) is 0 Å². The van der Waals surface area contributed by atoms with Gasteiger partial charge in [0.15, 0.2) is 0 Å². The fourth-order valence-electron chi connectivity index (χ4n) is 2.30. The molecule has 0 heterocycles. The smallest absolute Gasteiger partial charge is 0.0615 e. The summed E-state index contributed by atoms with van der Waals surface area (Å²) in [7, 11) is 1.78. The van der Waals surface area contributed by atoms with Crippen LogP contribution < -0.4 is 5.32 Å². The predicted molar refractivity (Wildman–Crippen MR) is 71.0 cm³/mol. The summed E-state index contributed by atoms with van der Waals surface area (Å²) in [5.74, 6) is 0. The molecule has 98 valence electrons. The van der Waals surface area contributed by atoms with Gasteiger partial charge < -0.3 is 10.1 Å². The maximum absolute atomic E-state index is 5.26. The largest absolute Gasteiger partial charge is 0.383 e. The molecule has 0 bridgehead atoms. The lowest BCUT2D eigenvalue weighted by Crippen LogP contribution is -2.48. The zero-order valence-electron chi connectivity index (χ0n) is 11.8. The van der Waals surface area contributed by atoms with Crippen LogP contribution in [0.25, 0.3) is 0 Å². The minimum absolute atomic E-state index is 0.505. The number of ether oxygens (including phenoxy) is 1. The minimum atomic E-state index is 0.505. The summed E-state index contributed by atoms with van der Waals surface area (Å²) in [5.41, 5.74) is 0. The van der Waals surface area contributed by atoms with E-state index in [0.717, 1.165) is 26.2 Å². The Hall–Kier alpha value is -0.120. The second kappa shape index (κ2) is 10.1. The summed E-state index contributed by atoms with van der Waals surface area (Å²) >= 11 is 0. The summed E-state index contributed by atoms with van der Waals surface area (Å²) in [4.78, 5) is 2.55. The molecule has 0 aliphatic carbocycles. The van der Waals surface area contributed by atoms with Crippen LogP contribution in [0.2, 0.25) is 0 Å². The highest BCUT2D eigenvalue weighted by atomic mass is 16.5. The molecule has 2 atom stereocenters. The van der Waals surface area contributed by atoms with Crippen molar-refractivity contribution in [3.8, 4) is 0 Å². The van der Waals surface area contributed by atoms with E-state index < -0.39 is 0 Å². The number of likely N-dealkylation sites (N-methyl/N-ethyl adjacent to an activating group) is 2. The standard InChI is InChI=1S/C13H30N2O/c1-6-9-13(10-14-7-2)15(8-3)12(4)11-16-5/h12-14H,6-11H2,1-5H3. The molecule has 0 saturated heterocycles. The number of hydrogen-bond donors (Lipinski definition) is 1. The first kappa shape index (κ1) is 15.9. The normalized spacial score (nSPS) is 15.4. The van der Waals surface area contributed by atoms with Gasteiger partial charge >= 0.3 is 0 Å². The van der Waals surface area contributed by atoms with E-state index in [1.165, 1.54) is 12.8 Å². The van der Waals surface area contributed by atoms with Crippen molar-refractivity contribution in [2.45, 2.75) is 52.6 Å². The van der Waals surface area contributed by atoms with Crippen molar-refractivity contribution < 1.29 is 4.74 Å². The van der Waals surface area contributed by atoms with Gasteiger partial charge in [0.1, 0.15) is 0 Å². The zero-order chi connectivity index (χ0) is 12.4. The summed E-state index contributed by atoms with van der Waals surface area (Å²) in [6.07, 6.45) is 2.50. The number of hydrogen-bond acceptors (Lipinski definition) is 3. The van der Waals surface area contributed by atoms with Gasteiger partial charge in [-0.15, -0.1) is 0 Å². The van der Waals surface area contributed by atoms with Crippen molar-refractivity contribution in [1.29, 1.82) is 0 Å². The predicted octanol–water partition coefficient (Wildman–Crippen LogP) is 2.12. The molecule has 2 unspecified atom stereocenters. The molecule has 0 saturated carbocycles. The SMILES string of the molecule is CCCC(CNCC)N(CC)C(C)COC. The molecule has 0 spiro atoms. The Balaban J connectivity index is 4.30. The van der Waals surface area contributed by atoms with Crippen molar-refractivity contribution >= 4 is 0 Å². The molecule has 16 heavy (non-hydrogen) atoms. The average Bonchev–Trinajstić information content (AvgIpc) is 2.27. The fraction of sp³-hybridized carbons (Fsp3) is 1.00. The third-order valence-electron chi connectivity index (χ3n) is 3.06. The van der Waals surface area contributed by atoms with Crippen molar-refractivity contribution in [1.82, 2.24) is 10.2 Å². The van der Waals surface area contributed by atoms with Gasteiger partial charge in [0.2, 0.25) is 0 Å². The molecule has 0 fully saturated rings. The first-order chi connectivity index (χ1) is 7.71. The molecule has 3 heteroatoms. The Bertz CT molecular complexity index is 153. The van der Waals surface area contributed by atoms with Crippen LogP contribution in [0.4, 0.5) is 0 Å². The second-order valence-electron chi connectivity index (χ2n) is 4.38. The van der Waals surface area contributed by atoms with Crippen LogP contribution in [0.3, 0.4) is 0 Å². The fourth-order valence-corrected chi connectivity index (χ4v) is 2.30. The first-order valence-electron chi connectivity index (χ1n) is 6.66. The zero-order valence-corrected chi connectivity index (χ0v) is 11.8. The lowest BCUT2D eigenvalue weighted by molar-refractivity contribution is 0.0695. The van der Waals surface area contributed by atoms with E-state index in [9.17, 15) is 0 Å². The molecule has 0 amide bonds. The van der Waals surface area contributed by atoms with Gasteiger partial charge in [-0.2, -0.15) is 0 Å². The van der Waals surface area contributed by atoms with Crippen molar-refractivity contribution in [3.63, 3.8) is 0 Å². The van der Waals surface area contributed by atoms with Gasteiger partial charge in [-0.05, 0) is 26.4 Å². The molecule has 1 N–H and O–H groups in total. The maximum atomic E-state index is 5.26. The van der Waals surface area contributed by atoms with Crippen LogP contribution in [0, 0.1) is 0 Å². The Kier molecular flexibility index (Phi) is 9.99. The highest BCUT2D eigenvalue weighted by Crippen LogP contribution is 2.11. The van der Waals surface area contributed by atoms with Gasteiger partial charge in [-0.1, -0.05) is 27.2 Å². The van der Waals surface area contributed by atoms with Gasteiger partial charge in [-0.25, -0.2) is 0 Å². The van der Waals surface area contributed by atoms with E-state index in [0.29, 0.717) is 12.1 Å². The molecule has 0 aromatic heterocycles. The monoisotopic (exact) mass is 230 g/mol. The highest BCUT2D eigenvalue weighted by Gasteiger charge is 2.20. The molecule has 0 rings (SSSR count). The number of rotatable bonds is 10. The third kappa shape index (κ3) is 5.83. The molecule has 0 aliphatic rings. The minimum Gasteiger partial charge on any atom is -0.383 e. The van der Waals surface area contributed by atoms with E-state index in [2.05, 4.69) is 37.9 Å². The van der Waals surface area contributed by atoms with Crippen LogP contribution in [0.15, 0.2) is 0 Å². The van der Waals surface area contributed by atoms with E-state index in [4.69, 9.17) is 4.74 Å². The third-order valence-corrected chi connectivity index (χ3v) is 3.06. The van der Waals surface area contributed by atoms with Crippen LogP contribution in [0.1, 0.15) is 40.5 Å². The van der Waals surface area contributed by atoms with Gasteiger partial charge in [-0.3, -0.25) is 4.90 Å². The van der Waals surface area contributed by atoms with Gasteiger partial charge in [0.25, 0.3) is 0 Å². The quantitative estimate of drug-likeness (QED) is 0.622.